The highest BCUT2D eigenvalue weighted by Crippen LogP contribution is 2.14. The Kier molecular flexibility index (Phi) is 59.9. The van der Waals surface area contributed by atoms with Crippen LogP contribution in [0, 0.1) is 0 Å². The first kappa shape index (κ1) is 72.3. The van der Waals surface area contributed by atoms with E-state index >= 15 is 0 Å². The van der Waals surface area contributed by atoms with Crippen molar-refractivity contribution in [1.82, 2.24) is 0 Å². The van der Waals surface area contributed by atoms with Gasteiger partial charge in [0.15, 0.2) is 6.10 Å². The SMILES string of the molecule is CC/C=C\C/C=C\C/C=C\C/C=C\C/C=C\C/C=C\CCCCCCC(=O)OCC(COC(=O)CCCCCCC/C=C\C/C=C\C/C=C\CC)OC(=O)CCCCCCCC/C=C\C/C=C\C/C=C\CCCCCCC. The fraction of sp³-hybridized carbons (Fsp3) is 0.620. The van der Waals surface area contributed by atoms with Crippen LogP contribution < -0.4 is 0 Å². The highest BCUT2D eigenvalue weighted by molar-refractivity contribution is 5.71. The van der Waals surface area contributed by atoms with Crippen molar-refractivity contribution in [3.8, 4) is 0 Å². The van der Waals surface area contributed by atoms with Crippen molar-refractivity contribution in [3.05, 3.63) is 146 Å². The Morgan fingerprint density at radius 2 is 0.506 bits per heavy atom. The van der Waals surface area contributed by atoms with Crippen molar-refractivity contribution < 1.29 is 28.6 Å². The molecule has 77 heavy (non-hydrogen) atoms. The van der Waals surface area contributed by atoms with Gasteiger partial charge in [-0.1, -0.05) is 250 Å². The molecule has 0 aromatic carbocycles. The Morgan fingerprint density at radius 1 is 0.273 bits per heavy atom. The van der Waals surface area contributed by atoms with Gasteiger partial charge in [-0.3, -0.25) is 14.4 Å². The molecule has 434 valence electrons. The monoisotopic (exact) mass is 1060 g/mol. The van der Waals surface area contributed by atoms with Crippen LogP contribution in [0.3, 0.4) is 0 Å². The first-order valence-electron chi connectivity index (χ1n) is 31.3. The topological polar surface area (TPSA) is 78.9 Å². The van der Waals surface area contributed by atoms with E-state index in [9.17, 15) is 14.4 Å². The molecule has 0 aromatic heterocycles. The third kappa shape index (κ3) is 62.0. The van der Waals surface area contributed by atoms with Gasteiger partial charge in [0.1, 0.15) is 13.2 Å². The van der Waals surface area contributed by atoms with Crippen LogP contribution in [-0.2, 0) is 28.6 Å². The second kappa shape index (κ2) is 63.8. The van der Waals surface area contributed by atoms with Crippen LogP contribution in [0.25, 0.3) is 0 Å². The molecule has 0 bridgehead atoms. The molecule has 0 radical (unpaired) electrons. The van der Waals surface area contributed by atoms with E-state index in [2.05, 4.69) is 167 Å². The van der Waals surface area contributed by atoms with Crippen LogP contribution in [-0.4, -0.2) is 37.2 Å². The molecule has 0 aliphatic rings. The molecule has 0 aliphatic heterocycles. The molecule has 0 spiro atoms. The maximum atomic E-state index is 12.9. The van der Waals surface area contributed by atoms with Crippen molar-refractivity contribution in [2.75, 3.05) is 13.2 Å². The summed E-state index contributed by atoms with van der Waals surface area (Å²) < 4.78 is 16.9. The highest BCUT2D eigenvalue weighted by atomic mass is 16.6. The number of esters is 3. The van der Waals surface area contributed by atoms with Crippen LogP contribution in [0.5, 0.6) is 0 Å². The molecule has 0 amide bonds. The molecule has 0 fully saturated rings. The molecule has 0 saturated heterocycles. The van der Waals surface area contributed by atoms with Gasteiger partial charge in [-0.05, 0) is 141 Å². The lowest BCUT2D eigenvalue weighted by Crippen LogP contribution is -2.30. The second-order valence-electron chi connectivity index (χ2n) is 20.2. The molecule has 0 aromatic rings. The average Bonchev–Trinajstić information content (AvgIpc) is 3.43. The van der Waals surface area contributed by atoms with Gasteiger partial charge >= 0.3 is 17.9 Å². The van der Waals surface area contributed by atoms with Crippen molar-refractivity contribution in [2.45, 2.75) is 271 Å². The lowest BCUT2D eigenvalue weighted by molar-refractivity contribution is -0.167. The summed E-state index contributed by atoms with van der Waals surface area (Å²) in [5, 5.41) is 0. The van der Waals surface area contributed by atoms with Gasteiger partial charge in [0.05, 0.1) is 0 Å². The summed E-state index contributed by atoms with van der Waals surface area (Å²) in [5.74, 6) is -0.962. The van der Waals surface area contributed by atoms with Crippen molar-refractivity contribution in [1.29, 1.82) is 0 Å². The Labute approximate surface area is 474 Å². The zero-order valence-electron chi connectivity index (χ0n) is 49.7. The van der Waals surface area contributed by atoms with Gasteiger partial charge < -0.3 is 14.2 Å². The van der Waals surface area contributed by atoms with E-state index in [0.717, 1.165) is 173 Å². The number of hydrogen-bond donors (Lipinski definition) is 0. The third-order valence-electron chi connectivity index (χ3n) is 12.8. The zero-order chi connectivity index (χ0) is 55.7. The number of hydrogen-bond acceptors (Lipinski definition) is 6. The van der Waals surface area contributed by atoms with Crippen LogP contribution in [0.1, 0.15) is 265 Å². The van der Waals surface area contributed by atoms with Gasteiger partial charge in [-0.2, -0.15) is 0 Å². The first-order chi connectivity index (χ1) is 38.0. The van der Waals surface area contributed by atoms with E-state index in [4.69, 9.17) is 14.2 Å². The van der Waals surface area contributed by atoms with Gasteiger partial charge in [-0.15, -0.1) is 0 Å². The molecule has 0 heterocycles. The normalized spacial score (nSPS) is 13.1. The quantitative estimate of drug-likeness (QED) is 0.0261. The molecular formula is C71H114O6. The lowest BCUT2D eigenvalue weighted by Gasteiger charge is -2.18. The first-order valence-corrected chi connectivity index (χ1v) is 31.3. The number of carbonyl (C=O) groups is 3. The van der Waals surface area contributed by atoms with Gasteiger partial charge in [0.2, 0.25) is 0 Å². The summed E-state index contributed by atoms with van der Waals surface area (Å²) in [4.78, 5) is 38.3. The van der Waals surface area contributed by atoms with E-state index < -0.39 is 6.10 Å². The lowest BCUT2D eigenvalue weighted by atomic mass is 10.1. The minimum absolute atomic E-state index is 0.106. The Balaban J connectivity index is 4.50. The van der Waals surface area contributed by atoms with Gasteiger partial charge in [0, 0.05) is 19.3 Å². The fourth-order valence-corrected chi connectivity index (χ4v) is 8.17. The maximum Gasteiger partial charge on any atom is 0.306 e. The van der Waals surface area contributed by atoms with E-state index in [1.807, 2.05) is 0 Å². The van der Waals surface area contributed by atoms with Crippen molar-refractivity contribution in [2.24, 2.45) is 0 Å². The number of rotatable bonds is 55. The zero-order valence-corrected chi connectivity index (χ0v) is 49.7. The Bertz CT molecular complexity index is 1700. The van der Waals surface area contributed by atoms with Crippen LogP contribution in [0.2, 0.25) is 0 Å². The molecule has 0 rings (SSSR count). The van der Waals surface area contributed by atoms with Crippen LogP contribution in [0.4, 0.5) is 0 Å². The average molecular weight is 1060 g/mol. The van der Waals surface area contributed by atoms with Crippen LogP contribution >= 0.6 is 0 Å². The summed E-state index contributed by atoms with van der Waals surface area (Å²) >= 11 is 0. The van der Waals surface area contributed by atoms with Gasteiger partial charge in [0.25, 0.3) is 0 Å². The Hall–Kier alpha value is -4.71. The fourth-order valence-electron chi connectivity index (χ4n) is 8.17. The van der Waals surface area contributed by atoms with Gasteiger partial charge in [-0.25, -0.2) is 0 Å². The number of ether oxygens (including phenoxy) is 3. The van der Waals surface area contributed by atoms with E-state index in [0.29, 0.717) is 19.3 Å². The standard InChI is InChI=1S/C71H114O6/c1-4-7-10-13-16-19-22-25-28-30-32-34-35-37-38-40-43-46-49-52-55-58-61-64-70(73)76-67-68(66-75-69(72)63-60-57-54-51-48-45-42-27-24-21-18-15-12-9-6-3)77-71(74)65-62-59-56-53-50-47-44-41-39-36-33-31-29-26-23-20-17-14-11-8-5-2/h7,9-10,12,16,18-19,21,23,25-28,31-34,37-39,41-43,46,68H,4-6,8,11,13-15,17,20,22,24,29-30,35-36,40,44-45,47-67H2,1-3H3/b10-7-,12-9-,19-16-,21-18-,26-23-,28-25-,33-31-,34-32-,38-37-,41-39-,42-27-,46-43-. The molecule has 0 N–H and O–H groups in total. The molecule has 6 nitrogen and oxygen atoms in total. The van der Waals surface area contributed by atoms with E-state index in [1.165, 1.54) is 51.4 Å². The van der Waals surface area contributed by atoms with E-state index in [1.54, 1.807) is 0 Å². The molecule has 1 unspecified atom stereocenters. The number of unbranched alkanes of at least 4 members (excludes halogenated alkanes) is 20. The minimum Gasteiger partial charge on any atom is -0.462 e. The molecule has 0 aliphatic carbocycles. The van der Waals surface area contributed by atoms with Crippen molar-refractivity contribution >= 4 is 17.9 Å². The summed E-state index contributed by atoms with van der Waals surface area (Å²) in [6.45, 7) is 6.36. The Morgan fingerprint density at radius 3 is 0.792 bits per heavy atom. The summed E-state index contributed by atoms with van der Waals surface area (Å²) in [7, 11) is 0. The minimum atomic E-state index is -0.812. The van der Waals surface area contributed by atoms with E-state index in [-0.39, 0.29) is 31.1 Å². The highest BCUT2D eigenvalue weighted by Gasteiger charge is 2.19. The second-order valence-corrected chi connectivity index (χ2v) is 20.2. The molecule has 6 heteroatoms. The predicted molar refractivity (Wildman–Crippen MR) is 334 cm³/mol. The molecular weight excluding hydrogens is 949 g/mol. The maximum absolute atomic E-state index is 12.9. The number of carbonyl (C=O) groups excluding carboxylic acids is 3. The van der Waals surface area contributed by atoms with Crippen molar-refractivity contribution in [3.63, 3.8) is 0 Å². The molecule has 0 saturated carbocycles. The summed E-state index contributed by atoms with van der Waals surface area (Å²) in [6.07, 6.45) is 91.2. The third-order valence-corrected chi connectivity index (χ3v) is 12.8. The smallest absolute Gasteiger partial charge is 0.306 e. The predicted octanol–water partition coefficient (Wildman–Crippen LogP) is 21.5. The van der Waals surface area contributed by atoms with Crippen LogP contribution in [0.15, 0.2) is 146 Å². The largest absolute Gasteiger partial charge is 0.462 e. The molecule has 1 atom stereocenters. The number of allylic oxidation sites excluding steroid dienone is 24. The summed E-state index contributed by atoms with van der Waals surface area (Å²) in [5.41, 5.74) is 0. The summed E-state index contributed by atoms with van der Waals surface area (Å²) in [6, 6.07) is 0.